The van der Waals surface area contributed by atoms with E-state index < -0.39 is 12.1 Å². The van der Waals surface area contributed by atoms with Gasteiger partial charge in [0.15, 0.2) is 0 Å². The van der Waals surface area contributed by atoms with E-state index in [0.717, 1.165) is 50.4 Å². The molecule has 0 saturated heterocycles. The van der Waals surface area contributed by atoms with E-state index in [4.69, 9.17) is 5.73 Å². The van der Waals surface area contributed by atoms with Gasteiger partial charge in [-0.2, -0.15) is 0 Å². The van der Waals surface area contributed by atoms with Crippen molar-refractivity contribution in [2.45, 2.75) is 140 Å². The van der Waals surface area contributed by atoms with Gasteiger partial charge in [0.2, 0.25) is 17.7 Å². The lowest BCUT2D eigenvalue weighted by Gasteiger charge is -2.40. The maximum absolute atomic E-state index is 13.6. The van der Waals surface area contributed by atoms with Crippen molar-refractivity contribution in [3.8, 4) is 0 Å². The zero-order valence-electron chi connectivity index (χ0n) is 23.0. The van der Waals surface area contributed by atoms with Crippen molar-refractivity contribution in [1.82, 2.24) is 16.0 Å². The average Bonchev–Trinajstić information content (AvgIpc) is 2.93. The Morgan fingerprint density at radius 3 is 1.76 bits per heavy atom. The number of amides is 3. The molecule has 0 aromatic carbocycles. The van der Waals surface area contributed by atoms with Gasteiger partial charge < -0.3 is 21.7 Å². The van der Waals surface area contributed by atoms with Crippen molar-refractivity contribution in [1.29, 1.82) is 0 Å². The number of rotatable bonds is 10. The van der Waals surface area contributed by atoms with Crippen molar-refractivity contribution in [3.63, 3.8) is 0 Å². The Labute approximate surface area is 224 Å². The van der Waals surface area contributed by atoms with E-state index in [-0.39, 0.29) is 30.3 Å². The summed E-state index contributed by atoms with van der Waals surface area (Å²) in [5, 5.41) is 9.35. The number of fused-ring (bicyclic) bond motifs is 1. The standard InChI is InChI=1S/C30H52N4O3/c31-20-28(35)33-26(17-21-9-3-1-4-10-21)30(37)34-27(18-22-11-5-2-6-12-22)29(36)32-25-16-15-23-13-7-8-14-24(23)19-25/h21-27H,1-20,31H2,(H,32,36)(H,33,35)(H,34,37). The molecule has 37 heavy (non-hydrogen) atoms. The molecule has 4 aliphatic rings. The SMILES string of the molecule is NCC(=O)NC(CC1CCCCC1)C(=O)NC(CC1CCCCC1)C(=O)NC1CCC2CCCCC2C1. The van der Waals surface area contributed by atoms with Crippen LogP contribution in [0.15, 0.2) is 0 Å². The van der Waals surface area contributed by atoms with Crippen LogP contribution < -0.4 is 21.7 Å². The predicted molar refractivity (Wildman–Crippen MR) is 147 cm³/mol. The lowest BCUT2D eigenvalue weighted by atomic mass is 9.69. The van der Waals surface area contributed by atoms with E-state index in [2.05, 4.69) is 16.0 Å². The highest BCUT2D eigenvalue weighted by Gasteiger charge is 2.35. The summed E-state index contributed by atoms with van der Waals surface area (Å²) in [5.74, 6) is 1.91. The molecule has 4 rings (SSSR count). The first-order chi connectivity index (χ1) is 18.0. The number of nitrogens with two attached hydrogens (primary N) is 1. The highest BCUT2D eigenvalue weighted by atomic mass is 16.2. The van der Waals surface area contributed by atoms with Gasteiger partial charge in [-0.05, 0) is 55.8 Å². The molecule has 5 atom stereocenters. The van der Waals surface area contributed by atoms with Gasteiger partial charge in [0.05, 0.1) is 6.54 Å². The van der Waals surface area contributed by atoms with E-state index in [1.165, 1.54) is 70.6 Å². The Kier molecular flexibility index (Phi) is 11.1. The molecular weight excluding hydrogens is 464 g/mol. The van der Waals surface area contributed by atoms with Crippen LogP contribution in [0.2, 0.25) is 0 Å². The number of nitrogens with one attached hydrogen (secondary N) is 3. The minimum absolute atomic E-state index is 0.0280. The Balaban J connectivity index is 1.40. The molecule has 0 heterocycles. The minimum Gasteiger partial charge on any atom is -0.352 e. The second kappa shape index (κ2) is 14.5. The van der Waals surface area contributed by atoms with Gasteiger partial charge in [0, 0.05) is 6.04 Å². The van der Waals surface area contributed by atoms with Gasteiger partial charge in [-0.15, -0.1) is 0 Å². The fourth-order valence-corrected chi connectivity index (χ4v) is 7.81. The highest BCUT2D eigenvalue weighted by Crippen LogP contribution is 2.40. The fourth-order valence-electron chi connectivity index (χ4n) is 7.81. The van der Waals surface area contributed by atoms with Crippen LogP contribution in [0.5, 0.6) is 0 Å². The fraction of sp³-hybridized carbons (Fsp3) is 0.900. The summed E-state index contributed by atoms with van der Waals surface area (Å²) in [6.07, 6.45) is 21.7. The number of hydrogen-bond acceptors (Lipinski definition) is 4. The maximum Gasteiger partial charge on any atom is 0.243 e. The summed E-state index contributed by atoms with van der Waals surface area (Å²) in [7, 11) is 0. The molecule has 5 N–H and O–H groups in total. The monoisotopic (exact) mass is 516 g/mol. The van der Waals surface area contributed by atoms with Gasteiger partial charge in [-0.1, -0.05) is 89.9 Å². The third-order valence-corrected chi connectivity index (χ3v) is 9.94. The zero-order chi connectivity index (χ0) is 26.0. The molecule has 7 heteroatoms. The summed E-state index contributed by atoms with van der Waals surface area (Å²) in [5.41, 5.74) is 5.57. The summed E-state index contributed by atoms with van der Waals surface area (Å²) < 4.78 is 0. The first kappa shape index (κ1) is 28.4. The Bertz CT molecular complexity index is 747. The van der Waals surface area contributed by atoms with E-state index in [9.17, 15) is 14.4 Å². The van der Waals surface area contributed by atoms with Gasteiger partial charge in [0.1, 0.15) is 12.1 Å². The largest absolute Gasteiger partial charge is 0.352 e. The summed E-state index contributed by atoms with van der Waals surface area (Å²) in [4.78, 5) is 39.4. The van der Waals surface area contributed by atoms with E-state index >= 15 is 0 Å². The van der Waals surface area contributed by atoms with Crippen LogP contribution in [0.3, 0.4) is 0 Å². The first-order valence-electron chi connectivity index (χ1n) is 15.6. The van der Waals surface area contributed by atoms with Crippen LogP contribution in [0.4, 0.5) is 0 Å². The van der Waals surface area contributed by atoms with Crippen LogP contribution in [0.1, 0.15) is 122 Å². The molecule has 5 unspecified atom stereocenters. The molecule has 7 nitrogen and oxygen atoms in total. The van der Waals surface area contributed by atoms with Crippen LogP contribution in [-0.2, 0) is 14.4 Å². The third-order valence-electron chi connectivity index (χ3n) is 9.94. The van der Waals surface area contributed by atoms with Crippen LogP contribution in [0, 0.1) is 23.7 Å². The summed E-state index contributed by atoms with van der Waals surface area (Å²) in [6.45, 7) is -0.135. The van der Waals surface area contributed by atoms with Crippen molar-refractivity contribution in [2.75, 3.05) is 6.54 Å². The summed E-state index contributed by atoms with van der Waals surface area (Å²) in [6, 6.07) is -0.950. The smallest absolute Gasteiger partial charge is 0.243 e. The lowest BCUT2D eigenvalue weighted by molar-refractivity contribution is -0.133. The topological polar surface area (TPSA) is 113 Å². The lowest BCUT2D eigenvalue weighted by Crippen LogP contribution is -2.56. The van der Waals surface area contributed by atoms with Crippen molar-refractivity contribution < 1.29 is 14.4 Å². The summed E-state index contributed by atoms with van der Waals surface area (Å²) >= 11 is 0. The molecule has 0 radical (unpaired) electrons. The molecular formula is C30H52N4O3. The zero-order valence-corrected chi connectivity index (χ0v) is 23.0. The molecule has 0 aliphatic heterocycles. The maximum atomic E-state index is 13.6. The van der Waals surface area contributed by atoms with E-state index in [1.807, 2.05) is 0 Å². The molecule has 0 bridgehead atoms. The quantitative estimate of drug-likeness (QED) is 0.346. The molecule has 4 fully saturated rings. The van der Waals surface area contributed by atoms with Crippen LogP contribution >= 0.6 is 0 Å². The van der Waals surface area contributed by atoms with E-state index in [1.54, 1.807) is 0 Å². The first-order valence-corrected chi connectivity index (χ1v) is 15.6. The van der Waals surface area contributed by atoms with Crippen LogP contribution in [0.25, 0.3) is 0 Å². The van der Waals surface area contributed by atoms with Gasteiger partial charge in [-0.3, -0.25) is 14.4 Å². The third kappa shape index (κ3) is 8.69. The molecule has 0 aromatic rings. The van der Waals surface area contributed by atoms with Crippen molar-refractivity contribution in [3.05, 3.63) is 0 Å². The highest BCUT2D eigenvalue weighted by molar-refractivity contribution is 5.92. The Morgan fingerprint density at radius 2 is 1.16 bits per heavy atom. The van der Waals surface area contributed by atoms with Gasteiger partial charge >= 0.3 is 0 Å². The Morgan fingerprint density at radius 1 is 0.622 bits per heavy atom. The molecule has 4 aliphatic carbocycles. The van der Waals surface area contributed by atoms with Crippen molar-refractivity contribution >= 4 is 17.7 Å². The van der Waals surface area contributed by atoms with E-state index in [0.29, 0.717) is 24.7 Å². The molecule has 3 amide bonds. The molecule has 0 spiro atoms. The number of hydrogen-bond donors (Lipinski definition) is 4. The second-order valence-electron chi connectivity index (χ2n) is 12.7. The Hall–Kier alpha value is -1.63. The number of carbonyl (C=O) groups excluding carboxylic acids is 3. The second-order valence-corrected chi connectivity index (χ2v) is 12.7. The predicted octanol–water partition coefficient (Wildman–Crippen LogP) is 4.33. The van der Waals surface area contributed by atoms with Crippen molar-refractivity contribution in [2.24, 2.45) is 29.4 Å². The normalized spacial score (nSPS) is 28.9. The molecule has 0 aromatic heterocycles. The average molecular weight is 517 g/mol. The van der Waals surface area contributed by atoms with Crippen LogP contribution in [-0.4, -0.2) is 42.4 Å². The minimum atomic E-state index is -0.626. The van der Waals surface area contributed by atoms with Gasteiger partial charge in [-0.25, -0.2) is 0 Å². The number of carbonyl (C=O) groups is 3. The molecule has 4 saturated carbocycles. The van der Waals surface area contributed by atoms with Gasteiger partial charge in [0.25, 0.3) is 0 Å². The molecule has 210 valence electrons.